The third-order valence-electron chi connectivity index (χ3n) is 6.26. The van der Waals surface area contributed by atoms with E-state index < -0.39 is 0 Å². The van der Waals surface area contributed by atoms with Crippen molar-refractivity contribution in [1.82, 2.24) is 4.98 Å². The summed E-state index contributed by atoms with van der Waals surface area (Å²) in [5.41, 5.74) is 4.57. The smallest absolute Gasteiger partial charge is 0.145 e. The van der Waals surface area contributed by atoms with Crippen LogP contribution in [0.4, 0.5) is 0 Å². The van der Waals surface area contributed by atoms with E-state index in [-0.39, 0.29) is 0 Å². The predicted molar refractivity (Wildman–Crippen MR) is 139 cm³/mol. The zero-order chi connectivity index (χ0) is 22.4. The Kier molecular flexibility index (Phi) is 10.6. The van der Waals surface area contributed by atoms with Crippen molar-refractivity contribution in [2.45, 2.75) is 90.9 Å². The second-order valence-corrected chi connectivity index (χ2v) is 9.00. The zero-order valence-corrected chi connectivity index (χ0v) is 20.2. The third kappa shape index (κ3) is 7.65. The summed E-state index contributed by atoms with van der Waals surface area (Å²) < 4.78 is 6.17. The maximum atomic E-state index is 6.17. The van der Waals surface area contributed by atoms with Gasteiger partial charge >= 0.3 is 0 Å². The second-order valence-electron chi connectivity index (χ2n) is 9.00. The minimum Gasteiger partial charge on any atom is -0.491 e. The van der Waals surface area contributed by atoms with Crippen LogP contribution in [0.15, 0.2) is 54.6 Å². The second kappa shape index (κ2) is 13.9. The van der Waals surface area contributed by atoms with Crippen LogP contribution in [0.5, 0.6) is 5.75 Å². The Bertz CT molecular complexity index is 916. The summed E-state index contributed by atoms with van der Waals surface area (Å²) >= 11 is 0. The van der Waals surface area contributed by atoms with E-state index in [4.69, 9.17) is 9.72 Å². The number of pyridine rings is 1. The number of aryl methyl sites for hydroxylation is 1. The molecule has 0 atom stereocenters. The van der Waals surface area contributed by atoms with Crippen molar-refractivity contribution < 1.29 is 4.74 Å². The summed E-state index contributed by atoms with van der Waals surface area (Å²) in [7, 11) is 0. The molecule has 2 heteroatoms. The first kappa shape index (κ1) is 24.3. The van der Waals surface area contributed by atoms with Gasteiger partial charge in [-0.1, -0.05) is 114 Å². The molecule has 2 nitrogen and oxygen atoms in total. The van der Waals surface area contributed by atoms with Gasteiger partial charge in [0.1, 0.15) is 11.3 Å². The van der Waals surface area contributed by atoms with Crippen molar-refractivity contribution in [3.63, 3.8) is 0 Å². The number of ether oxygens (including phenoxy) is 1. The van der Waals surface area contributed by atoms with E-state index in [9.17, 15) is 0 Å². The van der Waals surface area contributed by atoms with Gasteiger partial charge < -0.3 is 4.74 Å². The monoisotopic (exact) mass is 431 g/mol. The van der Waals surface area contributed by atoms with Crippen LogP contribution in [0.1, 0.15) is 90.0 Å². The zero-order valence-electron chi connectivity index (χ0n) is 20.2. The van der Waals surface area contributed by atoms with Crippen molar-refractivity contribution >= 4 is 10.9 Å². The fourth-order valence-corrected chi connectivity index (χ4v) is 4.24. The van der Waals surface area contributed by atoms with E-state index in [0.29, 0.717) is 0 Å². The van der Waals surface area contributed by atoms with Crippen LogP contribution in [-0.4, -0.2) is 11.6 Å². The molecule has 0 radical (unpaired) electrons. The molecule has 0 aliphatic carbocycles. The highest BCUT2D eigenvalue weighted by Crippen LogP contribution is 2.28. The quantitative estimate of drug-likeness (QED) is 0.224. The highest BCUT2D eigenvalue weighted by atomic mass is 16.5. The first-order valence-electron chi connectivity index (χ1n) is 12.9. The fourth-order valence-electron chi connectivity index (χ4n) is 4.24. The topological polar surface area (TPSA) is 22.1 Å². The van der Waals surface area contributed by atoms with Crippen molar-refractivity contribution in [1.29, 1.82) is 0 Å². The Morgan fingerprint density at radius 2 is 1.34 bits per heavy atom. The van der Waals surface area contributed by atoms with Crippen molar-refractivity contribution in [3.8, 4) is 17.0 Å². The average Bonchev–Trinajstić information content (AvgIpc) is 2.83. The number of nitrogens with zero attached hydrogens (tertiary/aromatic N) is 1. The molecule has 172 valence electrons. The molecule has 0 aliphatic heterocycles. The molecular formula is C30H41NO. The molecule has 0 bridgehead atoms. The van der Waals surface area contributed by atoms with E-state index in [1.807, 2.05) is 0 Å². The van der Waals surface area contributed by atoms with Gasteiger partial charge in [-0.05, 0) is 37.0 Å². The van der Waals surface area contributed by atoms with Crippen LogP contribution in [0, 0.1) is 0 Å². The van der Waals surface area contributed by atoms with Gasteiger partial charge in [-0.2, -0.15) is 0 Å². The van der Waals surface area contributed by atoms with E-state index in [0.717, 1.165) is 41.8 Å². The van der Waals surface area contributed by atoms with E-state index in [1.165, 1.54) is 75.3 Å². The van der Waals surface area contributed by atoms with Gasteiger partial charge in [-0.25, -0.2) is 4.98 Å². The van der Waals surface area contributed by atoms with Crippen LogP contribution in [0.3, 0.4) is 0 Å². The molecule has 0 amide bonds. The molecule has 1 aromatic heterocycles. The van der Waals surface area contributed by atoms with Crippen LogP contribution >= 0.6 is 0 Å². The molecule has 0 N–H and O–H groups in total. The third-order valence-corrected chi connectivity index (χ3v) is 6.26. The molecule has 1 heterocycles. The standard InChI is InChI=1S/C30H41NO/c1-3-5-7-8-9-10-11-13-24-32-29-17-14-16-27-22-23-28(31-30(27)29)26-20-18-25(19-21-26)15-12-6-4-2/h14,16-23H,3-13,15,24H2,1-2H3. The van der Waals surface area contributed by atoms with Gasteiger partial charge in [-0.15, -0.1) is 0 Å². The molecule has 0 aliphatic rings. The SMILES string of the molecule is CCCCCCCCCCOc1cccc2ccc(-c3ccc(CCCCC)cc3)nc12. The lowest BCUT2D eigenvalue weighted by molar-refractivity contribution is 0.307. The van der Waals surface area contributed by atoms with Crippen LogP contribution < -0.4 is 4.74 Å². The lowest BCUT2D eigenvalue weighted by atomic mass is 10.0. The van der Waals surface area contributed by atoms with E-state index in [2.05, 4.69) is 68.4 Å². The summed E-state index contributed by atoms with van der Waals surface area (Å²) in [6.07, 6.45) is 15.5. The maximum absolute atomic E-state index is 6.17. The maximum Gasteiger partial charge on any atom is 0.145 e. The Hall–Kier alpha value is -2.35. The molecule has 0 fully saturated rings. The van der Waals surface area contributed by atoms with E-state index >= 15 is 0 Å². The minimum absolute atomic E-state index is 0.770. The number of unbranched alkanes of at least 4 members (excludes halogenated alkanes) is 9. The number of hydrogen-bond acceptors (Lipinski definition) is 2. The number of aromatic nitrogens is 1. The Morgan fingerprint density at radius 1 is 0.656 bits per heavy atom. The lowest BCUT2D eigenvalue weighted by Crippen LogP contribution is -1.99. The number of fused-ring (bicyclic) bond motifs is 1. The normalized spacial score (nSPS) is 11.2. The van der Waals surface area contributed by atoms with Crippen LogP contribution in [0.2, 0.25) is 0 Å². The summed E-state index contributed by atoms with van der Waals surface area (Å²) in [5.74, 6) is 0.906. The fraction of sp³-hybridized carbons (Fsp3) is 0.500. The van der Waals surface area contributed by atoms with Crippen molar-refractivity contribution in [3.05, 3.63) is 60.2 Å². The average molecular weight is 432 g/mol. The van der Waals surface area contributed by atoms with E-state index in [1.54, 1.807) is 0 Å². The molecular weight excluding hydrogens is 390 g/mol. The lowest BCUT2D eigenvalue weighted by Gasteiger charge is -2.10. The molecule has 3 rings (SSSR count). The van der Waals surface area contributed by atoms with Crippen LogP contribution in [-0.2, 0) is 6.42 Å². The first-order valence-corrected chi connectivity index (χ1v) is 12.9. The summed E-state index contributed by atoms with van der Waals surface area (Å²) in [6, 6.07) is 19.4. The number of benzene rings is 2. The Balaban J connectivity index is 1.56. The predicted octanol–water partition coefficient (Wildman–Crippen LogP) is 9.15. The van der Waals surface area contributed by atoms with Crippen LogP contribution in [0.25, 0.3) is 22.2 Å². The van der Waals surface area contributed by atoms with Gasteiger partial charge in [0.2, 0.25) is 0 Å². The summed E-state index contributed by atoms with van der Waals surface area (Å²) in [5, 5.41) is 1.14. The number of rotatable bonds is 15. The molecule has 0 spiro atoms. The van der Waals surface area contributed by atoms with Gasteiger partial charge in [0.05, 0.1) is 12.3 Å². The Morgan fingerprint density at radius 3 is 2.09 bits per heavy atom. The van der Waals surface area contributed by atoms with Crippen molar-refractivity contribution in [2.24, 2.45) is 0 Å². The number of para-hydroxylation sites is 1. The molecule has 0 saturated carbocycles. The Labute approximate surface area is 195 Å². The van der Waals surface area contributed by atoms with Gasteiger partial charge in [0.15, 0.2) is 0 Å². The highest BCUT2D eigenvalue weighted by Gasteiger charge is 2.07. The molecule has 2 aromatic carbocycles. The first-order chi connectivity index (χ1) is 15.8. The molecule has 0 saturated heterocycles. The molecule has 0 unspecified atom stereocenters. The number of hydrogen-bond donors (Lipinski definition) is 0. The largest absolute Gasteiger partial charge is 0.491 e. The van der Waals surface area contributed by atoms with Gasteiger partial charge in [0, 0.05) is 10.9 Å². The van der Waals surface area contributed by atoms with Gasteiger partial charge in [0.25, 0.3) is 0 Å². The van der Waals surface area contributed by atoms with Gasteiger partial charge in [-0.3, -0.25) is 0 Å². The summed E-state index contributed by atoms with van der Waals surface area (Å²) in [6.45, 7) is 5.29. The molecule has 3 aromatic rings. The molecule has 32 heavy (non-hydrogen) atoms. The minimum atomic E-state index is 0.770. The van der Waals surface area contributed by atoms with Crippen molar-refractivity contribution in [2.75, 3.05) is 6.61 Å². The summed E-state index contributed by atoms with van der Waals surface area (Å²) in [4.78, 5) is 4.98. The highest BCUT2D eigenvalue weighted by molar-refractivity contribution is 5.86.